The van der Waals surface area contributed by atoms with E-state index in [9.17, 15) is 14.9 Å². The van der Waals surface area contributed by atoms with Gasteiger partial charge in [-0.25, -0.2) is 0 Å². The summed E-state index contributed by atoms with van der Waals surface area (Å²) in [6.45, 7) is 4.68. The number of nitrogens with one attached hydrogen (secondary N) is 1. The number of carbonyl (C=O) groups is 1. The van der Waals surface area contributed by atoms with Crippen molar-refractivity contribution in [3.8, 4) is 0 Å². The zero-order chi connectivity index (χ0) is 17.3. The van der Waals surface area contributed by atoms with Gasteiger partial charge in [0.05, 0.1) is 15.6 Å². The molecule has 1 amide bonds. The first-order chi connectivity index (χ1) is 10.7. The second-order valence-electron chi connectivity index (χ2n) is 5.01. The number of hydrogen-bond donors (Lipinski definition) is 1. The second-order valence-corrected chi connectivity index (χ2v) is 5.85. The smallest absolute Gasteiger partial charge is 0.312 e. The van der Waals surface area contributed by atoms with E-state index in [1.165, 1.54) is 17.7 Å². The van der Waals surface area contributed by atoms with Crippen LogP contribution in [-0.4, -0.2) is 20.6 Å². The Morgan fingerprint density at radius 2 is 2.04 bits per heavy atom. The van der Waals surface area contributed by atoms with Crippen LogP contribution in [0.1, 0.15) is 24.4 Å². The molecule has 23 heavy (non-hydrogen) atoms. The van der Waals surface area contributed by atoms with Crippen molar-refractivity contribution in [2.24, 2.45) is 0 Å². The lowest BCUT2D eigenvalue weighted by Crippen LogP contribution is -2.25. The van der Waals surface area contributed by atoms with Crippen LogP contribution in [0.5, 0.6) is 0 Å². The van der Waals surface area contributed by atoms with Crippen LogP contribution in [0.15, 0.2) is 18.2 Å². The molecule has 7 nitrogen and oxygen atoms in total. The molecule has 0 saturated carbocycles. The number of hydrogen-bond acceptors (Lipinski definition) is 4. The highest BCUT2D eigenvalue weighted by molar-refractivity contribution is 6.36. The monoisotopic (exact) mass is 356 g/mol. The molecule has 0 aliphatic heterocycles. The molecule has 122 valence electrons. The van der Waals surface area contributed by atoms with Gasteiger partial charge in [0, 0.05) is 5.02 Å². The molecule has 1 heterocycles. The van der Waals surface area contributed by atoms with Gasteiger partial charge in [-0.3, -0.25) is 19.6 Å². The predicted molar refractivity (Wildman–Crippen MR) is 88.2 cm³/mol. The molecule has 0 saturated heterocycles. The van der Waals surface area contributed by atoms with Gasteiger partial charge in [0.15, 0.2) is 0 Å². The zero-order valence-corrected chi connectivity index (χ0v) is 14.1. The Morgan fingerprint density at radius 1 is 1.39 bits per heavy atom. The van der Waals surface area contributed by atoms with E-state index in [0.717, 1.165) is 0 Å². The number of nitrogens with zero attached hydrogens (tertiary/aromatic N) is 3. The number of anilines is 1. The summed E-state index contributed by atoms with van der Waals surface area (Å²) in [5, 5.41) is 18.5. The normalized spacial score (nSPS) is 12.0. The van der Waals surface area contributed by atoms with E-state index in [2.05, 4.69) is 10.4 Å². The number of rotatable bonds is 4. The number of carbonyl (C=O) groups excluding carboxylic acids is 1. The summed E-state index contributed by atoms with van der Waals surface area (Å²) in [6.07, 6.45) is 0. The summed E-state index contributed by atoms with van der Waals surface area (Å²) in [5.74, 6) is -0.394. The Morgan fingerprint density at radius 3 is 2.57 bits per heavy atom. The lowest BCUT2D eigenvalue weighted by Gasteiger charge is -2.14. The SMILES string of the molecule is Cc1nn([C@H](C)C(=O)Nc2ccc(Cl)cc2Cl)c(C)c1[N+](=O)[O-]. The van der Waals surface area contributed by atoms with Crippen molar-refractivity contribution in [1.29, 1.82) is 0 Å². The molecule has 2 rings (SSSR count). The van der Waals surface area contributed by atoms with Gasteiger partial charge in [0.2, 0.25) is 5.91 Å². The number of aryl methyl sites for hydroxylation is 1. The summed E-state index contributed by atoms with van der Waals surface area (Å²) < 4.78 is 1.33. The first kappa shape index (κ1) is 17.2. The lowest BCUT2D eigenvalue weighted by atomic mass is 10.2. The molecule has 0 aliphatic carbocycles. The third kappa shape index (κ3) is 3.46. The average molecular weight is 357 g/mol. The molecule has 0 aliphatic rings. The summed E-state index contributed by atoms with van der Waals surface area (Å²) in [5.41, 5.74) is 0.896. The number of halogens is 2. The highest BCUT2D eigenvalue weighted by Gasteiger charge is 2.27. The maximum Gasteiger partial charge on any atom is 0.312 e. The quantitative estimate of drug-likeness (QED) is 0.663. The van der Waals surface area contributed by atoms with Gasteiger partial charge >= 0.3 is 5.69 Å². The van der Waals surface area contributed by atoms with Gasteiger partial charge in [0.25, 0.3) is 0 Å². The fourth-order valence-corrected chi connectivity index (χ4v) is 2.69. The van der Waals surface area contributed by atoms with Crippen molar-refractivity contribution < 1.29 is 9.72 Å². The van der Waals surface area contributed by atoms with Crippen LogP contribution in [-0.2, 0) is 4.79 Å². The van der Waals surface area contributed by atoms with Gasteiger partial charge < -0.3 is 5.32 Å². The van der Waals surface area contributed by atoms with Crippen LogP contribution in [0.2, 0.25) is 10.0 Å². The molecule has 1 aromatic carbocycles. The van der Waals surface area contributed by atoms with Gasteiger partial charge in [0.1, 0.15) is 17.4 Å². The summed E-state index contributed by atoms with van der Waals surface area (Å²) >= 11 is 11.8. The molecule has 0 unspecified atom stereocenters. The van der Waals surface area contributed by atoms with Crippen LogP contribution in [0.25, 0.3) is 0 Å². The fraction of sp³-hybridized carbons (Fsp3) is 0.286. The van der Waals surface area contributed by atoms with Crippen molar-refractivity contribution in [3.05, 3.63) is 49.7 Å². The van der Waals surface area contributed by atoms with Crippen molar-refractivity contribution in [2.75, 3.05) is 5.32 Å². The third-order valence-corrected chi connectivity index (χ3v) is 3.95. The summed E-state index contributed by atoms with van der Waals surface area (Å²) in [7, 11) is 0. The van der Waals surface area contributed by atoms with E-state index < -0.39 is 16.9 Å². The highest BCUT2D eigenvalue weighted by atomic mass is 35.5. The Bertz CT molecular complexity index is 789. The minimum Gasteiger partial charge on any atom is -0.323 e. The minimum atomic E-state index is -0.742. The Balaban J connectivity index is 2.27. The van der Waals surface area contributed by atoms with Crippen LogP contribution < -0.4 is 5.32 Å². The van der Waals surface area contributed by atoms with Crippen molar-refractivity contribution >= 4 is 40.5 Å². The number of benzene rings is 1. The largest absolute Gasteiger partial charge is 0.323 e. The lowest BCUT2D eigenvalue weighted by molar-refractivity contribution is -0.386. The molecular formula is C14H14Cl2N4O3. The topological polar surface area (TPSA) is 90.1 Å². The maximum absolute atomic E-state index is 12.4. The van der Waals surface area contributed by atoms with Crippen LogP contribution in [0, 0.1) is 24.0 Å². The summed E-state index contributed by atoms with van der Waals surface area (Å²) in [6, 6.07) is 3.95. The van der Waals surface area contributed by atoms with Crippen molar-refractivity contribution in [3.63, 3.8) is 0 Å². The first-order valence-corrected chi connectivity index (χ1v) is 7.44. The van der Waals surface area contributed by atoms with E-state index >= 15 is 0 Å². The molecule has 0 bridgehead atoms. The third-order valence-electron chi connectivity index (χ3n) is 3.40. The molecule has 1 atom stereocenters. The molecule has 0 spiro atoms. The first-order valence-electron chi connectivity index (χ1n) is 6.68. The predicted octanol–water partition coefficient (Wildman–Crippen LogP) is 3.91. The standard InChI is InChI=1S/C14H14Cl2N4O3/c1-7-13(20(22)23)8(2)19(18-7)9(3)14(21)17-12-5-4-10(15)6-11(12)16/h4-6,9H,1-3H3,(H,17,21)/t9-/m1/s1. The Hall–Kier alpha value is -2.12. The van der Waals surface area contributed by atoms with E-state index in [-0.39, 0.29) is 11.4 Å². The Kier molecular flexibility index (Phi) is 4.91. The van der Waals surface area contributed by atoms with E-state index in [4.69, 9.17) is 23.2 Å². The highest BCUT2D eigenvalue weighted by Crippen LogP contribution is 2.28. The van der Waals surface area contributed by atoms with E-state index in [0.29, 0.717) is 21.4 Å². The van der Waals surface area contributed by atoms with Gasteiger partial charge in [-0.2, -0.15) is 5.10 Å². The Labute approximate surface area is 142 Å². The van der Waals surface area contributed by atoms with Crippen molar-refractivity contribution in [1.82, 2.24) is 9.78 Å². The van der Waals surface area contributed by atoms with E-state index in [1.807, 2.05) is 0 Å². The molecule has 9 heteroatoms. The molecule has 1 N–H and O–H groups in total. The number of aromatic nitrogens is 2. The van der Waals surface area contributed by atoms with Crippen LogP contribution in [0.3, 0.4) is 0 Å². The molecule has 2 aromatic rings. The van der Waals surface area contributed by atoms with Crippen LogP contribution in [0.4, 0.5) is 11.4 Å². The zero-order valence-electron chi connectivity index (χ0n) is 12.6. The second kappa shape index (κ2) is 6.55. The van der Waals surface area contributed by atoms with Crippen LogP contribution >= 0.6 is 23.2 Å². The van der Waals surface area contributed by atoms with Gasteiger partial charge in [-0.15, -0.1) is 0 Å². The average Bonchev–Trinajstić information content (AvgIpc) is 2.76. The number of nitro groups is 1. The maximum atomic E-state index is 12.4. The molecule has 1 aromatic heterocycles. The minimum absolute atomic E-state index is 0.0887. The van der Waals surface area contributed by atoms with Gasteiger partial charge in [-0.1, -0.05) is 23.2 Å². The molecular weight excluding hydrogens is 343 g/mol. The van der Waals surface area contributed by atoms with E-state index in [1.54, 1.807) is 26.0 Å². The van der Waals surface area contributed by atoms with Crippen molar-refractivity contribution in [2.45, 2.75) is 26.8 Å². The van der Waals surface area contributed by atoms with Gasteiger partial charge in [-0.05, 0) is 39.0 Å². The summed E-state index contributed by atoms with van der Waals surface area (Å²) in [4.78, 5) is 22.9. The molecule has 0 fully saturated rings. The molecule has 0 radical (unpaired) electrons. The fourth-order valence-electron chi connectivity index (χ4n) is 2.23. The number of amides is 1.